The molecule has 0 bridgehead atoms. The standard InChI is InChI=1S/C13H21.2ClH.Ti/c1-12(2,3)10-7-8-11(9-10)13(4,5)6;;;/h7-8,10H,1-6H3;2*1H;/q-1;;;. The van der Waals surface area contributed by atoms with Crippen LogP contribution in [0.25, 0.3) is 0 Å². The monoisotopic (exact) mass is 297 g/mol. The molecule has 0 spiro atoms. The van der Waals surface area contributed by atoms with Gasteiger partial charge in [0.05, 0.1) is 0 Å². The van der Waals surface area contributed by atoms with Crippen molar-refractivity contribution in [1.82, 2.24) is 0 Å². The molecule has 0 nitrogen and oxygen atoms in total. The topological polar surface area (TPSA) is 0 Å². The number of rotatable bonds is 0. The Morgan fingerprint density at radius 1 is 1.00 bits per heavy atom. The minimum absolute atomic E-state index is 0. The predicted octanol–water partition coefficient (Wildman–Crippen LogP) is 4.84. The summed E-state index contributed by atoms with van der Waals surface area (Å²) in [5, 5.41) is 0. The minimum atomic E-state index is 0. The summed E-state index contributed by atoms with van der Waals surface area (Å²) < 4.78 is 0. The van der Waals surface area contributed by atoms with E-state index in [4.69, 9.17) is 0 Å². The van der Waals surface area contributed by atoms with Crippen molar-refractivity contribution in [3.05, 3.63) is 23.8 Å². The van der Waals surface area contributed by atoms with Gasteiger partial charge in [-0.3, -0.25) is 6.08 Å². The van der Waals surface area contributed by atoms with E-state index in [1.165, 1.54) is 5.57 Å². The summed E-state index contributed by atoms with van der Waals surface area (Å²) in [4.78, 5) is 0. The van der Waals surface area contributed by atoms with Crippen molar-refractivity contribution < 1.29 is 21.7 Å². The van der Waals surface area contributed by atoms with Crippen LogP contribution in [0.5, 0.6) is 0 Å². The first-order valence-electron chi connectivity index (χ1n) is 5.03. The van der Waals surface area contributed by atoms with Gasteiger partial charge < -0.3 is 0 Å². The summed E-state index contributed by atoms with van der Waals surface area (Å²) in [6.07, 6.45) is 8.09. The van der Waals surface area contributed by atoms with E-state index in [1.807, 2.05) is 0 Å². The summed E-state index contributed by atoms with van der Waals surface area (Å²) in [5.74, 6) is 0.488. The molecule has 0 aliphatic heterocycles. The zero-order chi connectivity index (χ0) is 10.3. The zero-order valence-corrected chi connectivity index (χ0v) is 14.2. The molecule has 0 fully saturated rings. The van der Waals surface area contributed by atoms with Gasteiger partial charge in [-0.2, -0.15) is 6.08 Å². The Bertz CT molecular complexity index is 254. The molecule has 3 heteroatoms. The average Bonchev–Trinajstić information content (AvgIpc) is 2.28. The zero-order valence-electron chi connectivity index (χ0n) is 11.0. The van der Waals surface area contributed by atoms with Crippen LogP contribution in [0.15, 0.2) is 17.7 Å². The molecule has 1 aliphatic rings. The van der Waals surface area contributed by atoms with Gasteiger partial charge >= 0.3 is 0 Å². The minimum Gasteiger partial charge on any atom is -0.265 e. The second-order valence-electron chi connectivity index (χ2n) is 6.01. The summed E-state index contributed by atoms with van der Waals surface area (Å²) in [6, 6.07) is 0. The molecule has 0 radical (unpaired) electrons. The van der Waals surface area contributed by atoms with Crippen LogP contribution in [0, 0.1) is 22.8 Å². The van der Waals surface area contributed by atoms with E-state index in [9.17, 15) is 0 Å². The molecule has 1 unspecified atom stereocenters. The van der Waals surface area contributed by atoms with Gasteiger partial charge in [-0.1, -0.05) is 47.5 Å². The molecule has 0 amide bonds. The van der Waals surface area contributed by atoms with E-state index >= 15 is 0 Å². The first-order chi connectivity index (χ1) is 5.71. The van der Waals surface area contributed by atoms with E-state index in [1.54, 1.807) is 0 Å². The normalized spacial score (nSPS) is 19.1. The van der Waals surface area contributed by atoms with Crippen molar-refractivity contribution in [2.24, 2.45) is 16.7 Å². The number of halogens is 2. The summed E-state index contributed by atoms with van der Waals surface area (Å²) in [5.41, 5.74) is 1.91. The Balaban J connectivity index is -0.000000563. The molecule has 1 atom stereocenters. The molecular weight excluding hydrogens is 275 g/mol. The molecule has 16 heavy (non-hydrogen) atoms. The third-order valence-electron chi connectivity index (χ3n) is 2.51. The van der Waals surface area contributed by atoms with Crippen LogP contribution in [0.2, 0.25) is 0 Å². The second-order valence-corrected chi connectivity index (χ2v) is 6.01. The van der Waals surface area contributed by atoms with Crippen LogP contribution in [-0.4, -0.2) is 0 Å². The molecule has 0 heterocycles. The Kier molecular flexibility index (Phi) is 9.99. The molecule has 0 N–H and O–H groups in total. The van der Waals surface area contributed by atoms with Crippen molar-refractivity contribution in [1.29, 1.82) is 0 Å². The van der Waals surface area contributed by atoms with Gasteiger partial charge in [-0.25, -0.2) is 11.6 Å². The quantitative estimate of drug-likeness (QED) is 0.443. The molecule has 1 rings (SSSR count). The number of allylic oxidation sites excluding steroid dienone is 4. The van der Waals surface area contributed by atoms with Crippen molar-refractivity contribution in [2.45, 2.75) is 41.5 Å². The van der Waals surface area contributed by atoms with Gasteiger partial charge in [-0.05, 0) is 10.8 Å². The van der Waals surface area contributed by atoms with E-state index in [2.05, 4.69) is 59.8 Å². The van der Waals surface area contributed by atoms with E-state index < -0.39 is 0 Å². The molecule has 0 aromatic carbocycles. The maximum absolute atomic E-state index is 3.58. The third kappa shape index (κ3) is 5.91. The molecule has 0 saturated heterocycles. The Hall–Kier alpha value is 0.774. The van der Waals surface area contributed by atoms with E-state index in [0.717, 1.165) is 0 Å². The third-order valence-corrected chi connectivity index (χ3v) is 2.51. The number of hydrogen-bond donors (Lipinski definition) is 0. The summed E-state index contributed by atoms with van der Waals surface area (Å²) in [6.45, 7) is 13.5. The van der Waals surface area contributed by atoms with E-state index in [-0.39, 0.29) is 51.9 Å². The van der Waals surface area contributed by atoms with Crippen molar-refractivity contribution in [3.63, 3.8) is 0 Å². The largest absolute Gasteiger partial charge is 0.265 e. The van der Waals surface area contributed by atoms with Gasteiger partial charge in [-0.15, -0.1) is 24.8 Å². The smallest absolute Gasteiger partial charge is 0 e. The molecule has 1 aliphatic carbocycles. The molecular formula is C13H23Cl2Ti-. The van der Waals surface area contributed by atoms with Crippen LogP contribution >= 0.6 is 24.8 Å². The second kappa shape index (κ2) is 7.26. The van der Waals surface area contributed by atoms with Gasteiger partial charge in [0.1, 0.15) is 0 Å². The van der Waals surface area contributed by atoms with Crippen LogP contribution < -0.4 is 0 Å². The Morgan fingerprint density at radius 2 is 1.44 bits per heavy atom. The maximum Gasteiger partial charge on any atom is 0 e. The van der Waals surface area contributed by atoms with Gasteiger partial charge in [0.15, 0.2) is 0 Å². The molecule has 0 saturated carbocycles. The van der Waals surface area contributed by atoms with Crippen molar-refractivity contribution in [2.75, 3.05) is 0 Å². The van der Waals surface area contributed by atoms with Gasteiger partial charge in [0, 0.05) is 21.7 Å². The Morgan fingerprint density at radius 3 is 1.62 bits per heavy atom. The fourth-order valence-corrected chi connectivity index (χ4v) is 1.43. The van der Waals surface area contributed by atoms with E-state index in [0.29, 0.717) is 11.3 Å². The first-order valence-corrected chi connectivity index (χ1v) is 5.03. The average molecular weight is 298 g/mol. The van der Waals surface area contributed by atoms with Crippen LogP contribution in [0.3, 0.4) is 0 Å². The first kappa shape index (κ1) is 22.0. The maximum atomic E-state index is 3.58. The van der Waals surface area contributed by atoms with Crippen LogP contribution in [0.4, 0.5) is 0 Å². The fraction of sp³-hybridized carbons (Fsp3) is 0.692. The predicted molar refractivity (Wildman–Crippen MR) is 72.8 cm³/mol. The SMILES string of the molecule is CC(C)(C)C1=[C-]C(C(C)(C)C)C=C1.Cl.Cl.[Ti]. The van der Waals surface area contributed by atoms with Crippen LogP contribution in [0.1, 0.15) is 41.5 Å². The molecule has 94 valence electrons. The van der Waals surface area contributed by atoms with Gasteiger partial charge in [0.2, 0.25) is 0 Å². The Labute approximate surface area is 128 Å². The van der Waals surface area contributed by atoms with Crippen molar-refractivity contribution in [3.8, 4) is 0 Å². The van der Waals surface area contributed by atoms with Crippen LogP contribution in [-0.2, 0) is 21.7 Å². The fourth-order valence-electron chi connectivity index (χ4n) is 1.43. The number of hydrogen-bond acceptors (Lipinski definition) is 0. The summed E-state index contributed by atoms with van der Waals surface area (Å²) >= 11 is 0. The van der Waals surface area contributed by atoms with Crippen molar-refractivity contribution >= 4 is 24.8 Å². The molecule has 0 aromatic heterocycles. The summed E-state index contributed by atoms with van der Waals surface area (Å²) in [7, 11) is 0. The molecule has 0 aromatic rings. The van der Waals surface area contributed by atoms with Gasteiger partial charge in [0.25, 0.3) is 0 Å².